The minimum Gasteiger partial charge on any atom is -0.476 e. The smallest absolute Gasteiger partial charge is 0.356 e. The van der Waals surface area contributed by atoms with Crippen molar-refractivity contribution in [2.24, 2.45) is 0 Å². The van der Waals surface area contributed by atoms with E-state index in [1.165, 1.54) is 11.8 Å². The Morgan fingerprint density at radius 2 is 2.25 bits per heavy atom. The van der Waals surface area contributed by atoms with Crippen LogP contribution in [0.5, 0.6) is 0 Å². The Balaban J connectivity index is 2.75. The first-order valence-electron chi connectivity index (χ1n) is 4.16. The summed E-state index contributed by atoms with van der Waals surface area (Å²) in [7, 11) is 0. The lowest BCUT2D eigenvalue weighted by atomic mass is 10.4. The molecule has 2 rings (SSSR count). The number of hydrogen-bond donors (Lipinski definition) is 2. The number of nitrogens with zero attached hydrogens (tertiary/aromatic N) is 3. The number of thioether (sulfide) groups is 1. The Kier molecular flexibility index (Phi) is 2.57. The highest BCUT2D eigenvalue weighted by Gasteiger charge is 2.10. The fourth-order valence-corrected chi connectivity index (χ4v) is 1.47. The van der Waals surface area contributed by atoms with Crippen LogP contribution >= 0.6 is 11.8 Å². The van der Waals surface area contributed by atoms with Gasteiger partial charge in [-0.2, -0.15) is 0 Å². The zero-order valence-electron chi connectivity index (χ0n) is 8.09. The van der Waals surface area contributed by atoms with Gasteiger partial charge in [-0.3, -0.25) is 9.78 Å². The fourth-order valence-electron chi connectivity index (χ4n) is 1.10. The lowest BCUT2D eigenvalue weighted by Gasteiger charge is -1.99. The minimum absolute atomic E-state index is 0.0716. The molecule has 0 aliphatic rings. The Labute approximate surface area is 93.0 Å². The second-order valence-corrected chi connectivity index (χ2v) is 3.60. The van der Waals surface area contributed by atoms with Gasteiger partial charge in [-0.15, -0.1) is 0 Å². The molecule has 0 amide bonds. The van der Waals surface area contributed by atoms with E-state index < -0.39 is 11.5 Å². The van der Waals surface area contributed by atoms with Crippen molar-refractivity contribution >= 4 is 28.9 Å². The Bertz CT molecular complexity index is 624. The van der Waals surface area contributed by atoms with Gasteiger partial charge in [-0.25, -0.2) is 19.7 Å². The number of H-pyrrole nitrogens is 1. The summed E-state index contributed by atoms with van der Waals surface area (Å²) >= 11 is 1.26. The third-order valence-corrected chi connectivity index (χ3v) is 2.39. The standard InChI is InChI=1S/C8H6N4O3S/c1-16-8-11-5-4(6(13)12-8)10-3(2-9-5)7(14)15/h2H,1H3,(H,14,15)(H,9,11,12,13). The van der Waals surface area contributed by atoms with E-state index in [0.717, 1.165) is 6.20 Å². The number of rotatable bonds is 2. The summed E-state index contributed by atoms with van der Waals surface area (Å²) in [4.78, 5) is 36.1. The summed E-state index contributed by atoms with van der Waals surface area (Å²) in [6, 6.07) is 0. The molecule has 0 aromatic carbocycles. The largest absolute Gasteiger partial charge is 0.476 e. The quantitative estimate of drug-likeness (QED) is 0.565. The second-order valence-electron chi connectivity index (χ2n) is 2.81. The lowest BCUT2D eigenvalue weighted by Crippen LogP contribution is -2.14. The Hall–Kier alpha value is -1.96. The number of carboxylic acids is 1. The second kappa shape index (κ2) is 3.89. The van der Waals surface area contributed by atoms with Crippen LogP contribution in [0, 0.1) is 0 Å². The highest BCUT2D eigenvalue weighted by Crippen LogP contribution is 2.08. The predicted molar refractivity (Wildman–Crippen MR) is 56.7 cm³/mol. The van der Waals surface area contributed by atoms with Gasteiger partial charge in [-0.05, 0) is 6.26 Å². The number of aromatic carboxylic acids is 1. The topological polar surface area (TPSA) is 109 Å². The molecule has 0 unspecified atom stereocenters. The Morgan fingerprint density at radius 3 is 2.88 bits per heavy atom. The van der Waals surface area contributed by atoms with Gasteiger partial charge in [0, 0.05) is 0 Å². The molecular formula is C8H6N4O3S. The first-order chi connectivity index (χ1) is 7.61. The molecule has 0 aliphatic carbocycles. The van der Waals surface area contributed by atoms with Gasteiger partial charge in [-0.1, -0.05) is 11.8 Å². The van der Waals surface area contributed by atoms with Crippen molar-refractivity contribution in [1.29, 1.82) is 0 Å². The molecule has 0 spiro atoms. The third kappa shape index (κ3) is 1.74. The molecule has 0 atom stereocenters. The van der Waals surface area contributed by atoms with Crippen LogP contribution in [0.15, 0.2) is 16.1 Å². The molecule has 8 heteroatoms. The highest BCUT2D eigenvalue weighted by atomic mass is 32.2. The van der Waals surface area contributed by atoms with Gasteiger partial charge in [0.15, 0.2) is 22.0 Å². The van der Waals surface area contributed by atoms with E-state index in [0.29, 0.717) is 5.16 Å². The molecule has 2 heterocycles. The minimum atomic E-state index is -1.23. The van der Waals surface area contributed by atoms with Gasteiger partial charge in [0.05, 0.1) is 6.20 Å². The van der Waals surface area contributed by atoms with Crippen LogP contribution < -0.4 is 5.56 Å². The summed E-state index contributed by atoms with van der Waals surface area (Å²) in [5.41, 5.74) is -0.711. The number of carboxylic acid groups (broad SMARTS) is 1. The van der Waals surface area contributed by atoms with Crippen LogP contribution in [-0.2, 0) is 0 Å². The van der Waals surface area contributed by atoms with Crippen LogP contribution in [0.3, 0.4) is 0 Å². The van der Waals surface area contributed by atoms with Crippen LogP contribution in [-0.4, -0.2) is 37.3 Å². The van der Waals surface area contributed by atoms with Crippen molar-refractivity contribution < 1.29 is 9.90 Å². The van der Waals surface area contributed by atoms with Crippen molar-refractivity contribution in [1.82, 2.24) is 19.9 Å². The summed E-state index contributed by atoms with van der Waals surface area (Å²) in [6.45, 7) is 0. The first-order valence-corrected chi connectivity index (χ1v) is 5.38. The molecule has 2 aromatic heterocycles. The molecule has 0 bridgehead atoms. The van der Waals surface area contributed by atoms with Crippen LogP contribution in [0.25, 0.3) is 11.2 Å². The van der Waals surface area contributed by atoms with Crippen LogP contribution in [0.1, 0.15) is 10.5 Å². The molecule has 0 fully saturated rings. The van der Waals surface area contributed by atoms with Crippen molar-refractivity contribution in [2.75, 3.05) is 6.26 Å². The molecule has 2 N–H and O–H groups in total. The zero-order chi connectivity index (χ0) is 11.7. The van der Waals surface area contributed by atoms with Crippen LogP contribution in [0.2, 0.25) is 0 Å². The summed E-state index contributed by atoms with van der Waals surface area (Å²) in [5, 5.41) is 9.11. The fraction of sp³-hybridized carbons (Fsp3) is 0.125. The van der Waals surface area contributed by atoms with E-state index in [1.807, 2.05) is 0 Å². The number of nitrogens with one attached hydrogen (secondary N) is 1. The van der Waals surface area contributed by atoms with E-state index in [2.05, 4.69) is 19.9 Å². The molecule has 0 radical (unpaired) electrons. The lowest BCUT2D eigenvalue weighted by molar-refractivity contribution is 0.0690. The average molecular weight is 238 g/mol. The van der Waals surface area contributed by atoms with Crippen molar-refractivity contribution in [2.45, 2.75) is 5.16 Å². The van der Waals surface area contributed by atoms with E-state index in [9.17, 15) is 9.59 Å². The summed E-state index contributed by atoms with van der Waals surface area (Å²) < 4.78 is 0. The molecule has 16 heavy (non-hydrogen) atoms. The SMILES string of the molecule is CSc1nc2ncc(C(=O)O)nc2c(=O)[nH]1. The number of carbonyl (C=O) groups is 1. The maximum Gasteiger partial charge on any atom is 0.356 e. The highest BCUT2D eigenvalue weighted by molar-refractivity contribution is 7.98. The molecule has 0 aliphatic heterocycles. The van der Waals surface area contributed by atoms with Crippen LogP contribution in [0.4, 0.5) is 0 Å². The van der Waals surface area contributed by atoms with Gasteiger partial charge in [0.1, 0.15) is 0 Å². The maximum absolute atomic E-state index is 11.5. The Morgan fingerprint density at radius 1 is 1.50 bits per heavy atom. The zero-order valence-corrected chi connectivity index (χ0v) is 8.91. The van der Waals surface area contributed by atoms with Crippen molar-refractivity contribution in [3.8, 4) is 0 Å². The molecular weight excluding hydrogens is 232 g/mol. The molecule has 2 aromatic rings. The van der Waals surface area contributed by atoms with Gasteiger partial charge in [0.2, 0.25) is 0 Å². The van der Waals surface area contributed by atoms with E-state index in [4.69, 9.17) is 5.11 Å². The molecule has 7 nitrogen and oxygen atoms in total. The van der Waals surface area contributed by atoms with E-state index in [-0.39, 0.29) is 16.9 Å². The van der Waals surface area contributed by atoms with Gasteiger partial charge in [0.25, 0.3) is 5.56 Å². The average Bonchev–Trinajstić information content (AvgIpc) is 2.28. The van der Waals surface area contributed by atoms with Gasteiger partial charge >= 0.3 is 5.97 Å². The van der Waals surface area contributed by atoms with Crippen molar-refractivity contribution in [3.05, 3.63) is 22.2 Å². The number of aromatic nitrogens is 4. The van der Waals surface area contributed by atoms with Gasteiger partial charge < -0.3 is 5.11 Å². The summed E-state index contributed by atoms with van der Waals surface area (Å²) in [6.07, 6.45) is 2.82. The molecule has 82 valence electrons. The first kappa shape index (κ1) is 10.6. The van der Waals surface area contributed by atoms with E-state index >= 15 is 0 Å². The van der Waals surface area contributed by atoms with E-state index in [1.54, 1.807) is 6.26 Å². The number of fused-ring (bicyclic) bond motifs is 1. The summed E-state index contributed by atoms with van der Waals surface area (Å²) in [5.74, 6) is -1.23. The number of hydrogen-bond acceptors (Lipinski definition) is 6. The molecule has 0 saturated carbocycles. The number of aromatic amines is 1. The molecule has 0 saturated heterocycles. The normalized spacial score (nSPS) is 10.6. The maximum atomic E-state index is 11.5. The third-order valence-electron chi connectivity index (χ3n) is 1.81. The monoisotopic (exact) mass is 238 g/mol. The van der Waals surface area contributed by atoms with Crippen molar-refractivity contribution in [3.63, 3.8) is 0 Å². The predicted octanol–water partition coefficient (Wildman–Crippen LogP) is 0.133.